The summed E-state index contributed by atoms with van der Waals surface area (Å²) < 4.78 is 0. The molecule has 184 valence electrons. The van der Waals surface area contributed by atoms with Crippen LogP contribution in [0.25, 0.3) is 10.8 Å². The van der Waals surface area contributed by atoms with E-state index in [1.807, 2.05) is 47.4 Å². The largest absolute Gasteiger partial charge is 0.350 e. The molecule has 0 aliphatic carbocycles. The summed E-state index contributed by atoms with van der Waals surface area (Å²) in [6, 6.07) is 18.5. The second kappa shape index (κ2) is 11.9. The Morgan fingerprint density at radius 2 is 1.89 bits per heavy atom. The first-order valence-corrected chi connectivity index (χ1v) is 12.7. The number of fused-ring (bicyclic) bond motifs is 1. The summed E-state index contributed by atoms with van der Waals surface area (Å²) in [4.78, 5) is 28.0. The normalized spacial score (nSPS) is 18.5. The van der Waals surface area contributed by atoms with Crippen molar-refractivity contribution in [3.8, 4) is 0 Å². The predicted octanol–water partition coefficient (Wildman–Crippen LogP) is 4.37. The average molecular weight is 513 g/mol. The standard InChI is InChI=1S/C27H30Cl2N4O2/c28-22-9-10-24(29)21(15-22)17-33-13-11-23(32-25(27(33)35)6-3-12-30)16-31-26(34)20-8-7-18-4-1-2-5-19(18)14-20/h1-2,4-5,7-10,14-15,23,25,32H,3,6,11-13,16-17,30H2,(H,31,34)/t23-,25-/m0/s1. The first-order chi connectivity index (χ1) is 16.9. The molecule has 4 N–H and O–H groups in total. The number of hydrogen-bond donors (Lipinski definition) is 3. The molecule has 1 aliphatic rings. The molecule has 8 heteroatoms. The van der Waals surface area contributed by atoms with E-state index in [1.54, 1.807) is 18.2 Å². The van der Waals surface area contributed by atoms with E-state index in [4.69, 9.17) is 28.9 Å². The molecule has 2 amide bonds. The Morgan fingerprint density at radius 1 is 1.09 bits per heavy atom. The van der Waals surface area contributed by atoms with E-state index in [0.29, 0.717) is 54.6 Å². The van der Waals surface area contributed by atoms with Gasteiger partial charge in [-0.3, -0.25) is 9.59 Å². The zero-order valence-electron chi connectivity index (χ0n) is 19.5. The summed E-state index contributed by atoms with van der Waals surface area (Å²) in [5.41, 5.74) is 7.15. The highest BCUT2D eigenvalue weighted by molar-refractivity contribution is 6.33. The lowest BCUT2D eigenvalue weighted by Crippen LogP contribution is -2.48. The van der Waals surface area contributed by atoms with Gasteiger partial charge in [0.2, 0.25) is 5.91 Å². The van der Waals surface area contributed by atoms with Crippen LogP contribution in [0.2, 0.25) is 10.0 Å². The molecule has 35 heavy (non-hydrogen) atoms. The molecule has 0 saturated carbocycles. The van der Waals surface area contributed by atoms with Crippen molar-refractivity contribution in [2.24, 2.45) is 5.73 Å². The summed E-state index contributed by atoms with van der Waals surface area (Å²) in [5, 5.41) is 9.78. The third-order valence-electron chi connectivity index (χ3n) is 6.38. The number of nitrogens with one attached hydrogen (secondary N) is 2. The van der Waals surface area contributed by atoms with E-state index in [-0.39, 0.29) is 23.9 Å². The van der Waals surface area contributed by atoms with E-state index in [0.717, 1.165) is 22.8 Å². The minimum absolute atomic E-state index is 0.0119. The maximum atomic E-state index is 13.3. The van der Waals surface area contributed by atoms with Crippen molar-refractivity contribution in [1.82, 2.24) is 15.5 Å². The van der Waals surface area contributed by atoms with Crippen LogP contribution in [0, 0.1) is 0 Å². The van der Waals surface area contributed by atoms with Gasteiger partial charge in [-0.15, -0.1) is 0 Å². The van der Waals surface area contributed by atoms with Gasteiger partial charge in [-0.1, -0.05) is 53.5 Å². The SMILES string of the molecule is NCCC[C@@H]1N[C@H](CNC(=O)c2ccc3ccccc3c2)CCN(Cc2cc(Cl)ccc2Cl)C1=O. The molecule has 3 aromatic rings. The van der Waals surface area contributed by atoms with E-state index in [1.165, 1.54) is 0 Å². The number of rotatable bonds is 8. The van der Waals surface area contributed by atoms with Gasteiger partial charge in [-0.25, -0.2) is 0 Å². The highest BCUT2D eigenvalue weighted by Gasteiger charge is 2.31. The molecule has 3 aromatic carbocycles. The fraction of sp³-hybridized carbons (Fsp3) is 0.333. The van der Waals surface area contributed by atoms with Gasteiger partial charge in [0.05, 0.1) is 6.04 Å². The molecule has 2 atom stereocenters. The maximum absolute atomic E-state index is 13.3. The van der Waals surface area contributed by atoms with Crippen molar-refractivity contribution in [2.45, 2.75) is 37.9 Å². The summed E-state index contributed by atoms with van der Waals surface area (Å²) in [7, 11) is 0. The second-order valence-corrected chi connectivity index (χ2v) is 9.75. The molecule has 0 bridgehead atoms. The van der Waals surface area contributed by atoms with Crippen molar-refractivity contribution in [3.05, 3.63) is 81.8 Å². The van der Waals surface area contributed by atoms with Gasteiger partial charge >= 0.3 is 0 Å². The number of carbonyl (C=O) groups is 2. The average Bonchev–Trinajstić information content (AvgIpc) is 3.01. The summed E-state index contributed by atoms with van der Waals surface area (Å²) in [5.74, 6) is -0.118. The van der Waals surface area contributed by atoms with E-state index in [2.05, 4.69) is 10.6 Å². The number of nitrogens with two attached hydrogens (primary N) is 1. The van der Waals surface area contributed by atoms with Gasteiger partial charge in [-0.05, 0) is 72.5 Å². The van der Waals surface area contributed by atoms with Gasteiger partial charge in [0.25, 0.3) is 5.91 Å². The van der Waals surface area contributed by atoms with Crippen molar-refractivity contribution in [3.63, 3.8) is 0 Å². The lowest BCUT2D eigenvalue weighted by Gasteiger charge is -2.25. The molecular weight excluding hydrogens is 483 g/mol. The fourth-order valence-corrected chi connectivity index (χ4v) is 4.82. The van der Waals surface area contributed by atoms with Gasteiger partial charge < -0.3 is 21.3 Å². The highest BCUT2D eigenvalue weighted by atomic mass is 35.5. The third-order valence-corrected chi connectivity index (χ3v) is 6.98. The molecule has 0 spiro atoms. The number of amides is 2. The van der Waals surface area contributed by atoms with Gasteiger partial charge in [0.1, 0.15) is 0 Å². The van der Waals surface area contributed by atoms with E-state index in [9.17, 15) is 9.59 Å². The van der Waals surface area contributed by atoms with Crippen LogP contribution >= 0.6 is 23.2 Å². The topological polar surface area (TPSA) is 87.5 Å². The van der Waals surface area contributed by atoms with Crippen LogP contribution in [0.5, 0.6) is 0 Å². The van der Waals surface area contributed by atoms with Crippen LogP contribution in [-0.2, 0) is 11.3 Å². The maximum Gasteiger partial charge on any atom is 0.251 e. The Kier molecular flexibility index (Phi) is 8.63. The molecule has 1 heterocycles. The predicted molar refractivity (Wildman–Crippen MR) is 142 cm³/mol. The molecular formula is C27H30Cl2N4O2. The highest BCUT2D eigenvalue weighted by Crippen LogP contribution is 2.24. The molecule has 0 unspecified atom stereocenters. The zero-order valence-corrected chi connectivity index (χ0v) is 21.0. The first-order valence-electron chi connectivity index (χ1n) is 11.9. The van der Waals surface area contributed by atoms with Crippen LogP contribution in [-0.4, -0.2) is 48.4 Å². The van der Waals surface area contributed by atoms with Crippen LogP contribution in [0.4, 0.5) is 0 Å². The van der Waals surface area contributed by atoms with Gasteiger partial charge in [0, 0.05) is 41.3 Å². The van der Waals surface area contributed by atoms with Crippen LogP contribution in [0.1, 0.15) is 35.2 Å². The number of carbonyl (C=O) groups excluding carboxylic acids is 2. The molecule has 1 aliphatic heterocycles. The van der Waals surface area contributed by atoms with E-state index < -0.39 is 0 Å². The number of nitrogens with zero attached hydrogens (tertiary/aromatic N) is 1. The minimum atomic E-state index is -0.374. The smallest absolute Gasteiger partial charge is 0.251 e. The lowest BCUT2D eigenvalue weighted by molar-refractivity contribution is -0.133. The van der Waals surface area contributed by atoms with Crippen LogP contribution in [0.15, 0.2) is 60.7 Å². The lowest BCUT2D eigenvalue weighted by atomic mass is 10.1. The summed E-state index contributed by atoms with van der Waals surface area (Å²) >= 11 is 12.5. The van der Waals surface area contributed by atoms with Gasteiger partial charge in [0.15, 0.2) is 0 Å². The Labute approximate surface area is 215 Å². The quantitative estimate of drug-likeness (QED) is 0.418. The van der Waals surface area contributed by atoms with Crippen molar-refractivity contribution in [2.75, 3.05) is 19.6 Å². The fourth-order valence-electron chi connectivity index (χ4n) is 4.45. The Morgan fingerprint density at radius 3 is 2.69 bits per heavy atom. The Balaban J connectivity index is 1.43. The van der Waals surface area contributed by atoms with Crippen molar-refractivity contribution >= 4 is 45.8 Å². The van der Waals surface area contributed by atoms with Crippen LogP contribution < -0.4 is 16.4 Å². The Hall–Kier alpha value is -2.64. The number of hydrogen-bond acceptors (Lipinski definition) is 4. The van der Waals surface area contributed by atoms with Gasteiger partial charge in [-0.2, -0.15) is 0 Å². The molecule has 0 radical (unpaired) electrons. The molecule has 6 nitrogen and oxygen atoms in total. The molecule has 4 rings (SSSR count). The third kappa shape index (κ3) is 6.53. The van der Waals surface area contributed by atoms with E-state index >= 15 is 0 Å². The van der Waals surface area contributed by atoms with Crippen molar-refractivity contribution in [1.29, 1.82) is 0 Å². The molecule has 1 fully saturated rings. The molecule has 1 saturated heterocycles. The number of halogens is 2. The van der Waals surface area contributed by atoms with Crippen LogP contribution in [0.3, 0.4) is 0 Å². The first kappa shape index (κ1) is 25.5. The monoisotopic (exact) mass is 512 g/mol. The minimum Gasteiger partial charge on any atom is -0.350 e. The zero-order chi connectivity index (χ0) is 24.8. The second-order valence-electron chi connectivity index (χ2n) is 8.90. The summed E-state index contributed by atoms with van der Waals surface area (Å²) in [6.45, 7) is 1.86. The molecule has 0 aromatic heterocycles. The number of benzene rings is 3. The summed E-state index contributed by atoms with van der Waals surface area (Å²) in [6.07, 6.45) is 2.05. The Bertz CT molecular complexity index is 1200. The van der Waals surface area contributed by atoms with Crippen molar-refractivity contribution < 1.29 is 9.59 Å².